The molecule has 0 spiro atoms. The Morgan fingerprint density at radius 1 is 0.379 bits per heavy atom. The van der Waals surface area contributed by atoms with Gasteiger partial charge in [-0.05, 0) is 88.3 Å². The lowest BCUT2D eigenvalue weighted by Crippen LogP contribution is -1.97. The SMILES string of the molecule is c1ccc(-c2cc(-c3ccccc3)cc(-c3nc(-c4ccc(-n5c6ccccc6c6c7sc8ccccc8c7c7ccccc7c65)cc4)nc4ccccc34)c2)cc1. The topological polar surface area (TPSA) is 30.7 Å². The monoisotopic (exact) mass is 755 g/mol. The molecule has 0 saturated carbocycles. The highest BCUT2D eigenvalue weighted by Gasteiger charge is 2.22. The first-order valence-electron chi connectivity index (χ1n) is 19.7. The zero-order valence-electron chi connectivity index (χ0n) is 31.3. The summed E-state index contributed by atoms with van der Waals surface area (Å²) < 4.78 is 5.10. The molecule has 0 bridgehead atoms. The van der Waals surface area contributed by atoms with Crippen molar-refractivity contribution in [2.75, 3.05) is 0 Å². The van der Waals surface area contributed by atoms with Crippen molar-refractivity contribution >= 4 is 75.0 Å². The lowest BCUT2D eigenvalue weighted by atomic mass is 9.94. The molecule has 3 heterocycles. The van der Waals surface area contributed by atoms with E-state index in [-0.39, 0.29) is 0 Å². The number of para-hydroxylation sites is 2. The van der Waals surface area contributed by atoms with Crippen LogP contribution in [0.3, 0.4) is 0 Å². The summed E-state index contributed by atoms with van der Waals surface area (Å²) in [6, 6.07) is 71.8. The first-order valence-corrected chi connectivity index (χ1v) is 20.5. The van der Waals surface area contributed by atoms with Crippen molar-refractivity contribution in [3.05, 3.63) is 200 Å². The van der Waals surface area contributed by atoms with Crippen LogP contribution in [0.1, 0.15) is 0 Å². The highest BCUT2D eigenvalue weighted by atomic mass is 32.1. The fourth-order valence-corrected chi connectivity index (χ4v) is 10.2. The van der Waals surface area contributed by atoms with Crippen LogP contribution in [-0.4, -0.2) is 14.5 Å². The lowest BCUT2D eigenvalue weighted by molar-refractivity contribution is 1.18. The molecule has 9 aromatic carbocycles. The zero-order chi connectivity index (χ0) is 38.2. The number of rotatable bonds is 5. The van der Waals surface area contributed by atoms with Crippen LogP contribution >= 0.6 is 11.3 Å². The van der Waals surface area contributed by atoms with Crippen LogP contribution in [0.4, 0.5) is 0 Å². The van der Waals surface area contributed by atoms with Crippen LogP contribution in [0.5, 0.6) is 0 Å². The molecule has 0 amide bonds. The normalized spacial score (nSPS) is 11.8. The Morgan fingerprint density at radius 3 is 1.67 bits per heavy atom. The summed E-state index contributed by atoms with van der Waals surface area (Å²) in [7, 11) is 0. The summed E-state index contributed by atoms with van der Waals surface area (Å²) in [6.45, 7) is 0. The summed E-state index contributed by atoms with van der Waals surface area (Å²) in [4.78, 5) is 10.5. The highest BCUT2D eigenvalue weighted by molar-refractivity contribution is 7.27. The molecule has 4 heteroatoms. The van der Waals surface area contributed by atoms with Crippen LogP contribution in [0.15, 0.2) is 200 Å². The average molecular weight is 756 g/mol. The molecule has 12 aromatic rings. The third-order valence-electron chi connectivity index (χ3n) is 11.6. The molecular weight excluding hydrogens is 723 g/mol. The Balaban J connectivity index is 1.05. The number of nitrogens with zero attached hydrogens (tertiary/aromatic N) is 3. The molecule has 58 heavy (non-hydrogen) atoms. The van der Waals surface area contributed by atoms with Gasteiger partial charge in [0.05, 0.1) is 22.2 Å². The van der Waals surface area contributed by atoms with Gasteiger partial charge in [0.2, 0.25) is 0 Å². The molecule has 0 aliphatic heterocycles. The average Bonchev–Trinajstić information content (AvgIpc) is 3.86. The third kappa shape index (κ3) is 5.12. The number of hydrogen-bond donors (Lipinski definition) is 0. The van der Waals surface area contributed by atoms with Crippen LogP contribution < -0.4 is 0 Å². The molecule has 0 saturated heterocycles. The molecule has 0 aliphatic rings. The molecule has 12 rings (SSSR count). The second kappa shape index (κ2) is 13.1. The maximum atomic E-state index is 5.38. The number of aromatic nitrogens is 3. The van der Waals surface area contributed by atoms with Crippen molar-refractivity contribution in [2.45, 2.75) is 0 Å². The van der Waals surface area contributed by atoms with Gasteiger partial charge in [0.1, 0.15) is 0 Å². The molecule has 0 fully saturated rings. The van der Waals surface area contributed by atoms with Gasteiger partial charge >= 0.3 is 0 Å². The van der Waals surface area contributed by atoms with E-state index in [4.69, 9.17) is 9.97 Å². The van der Waals surface area contributed by atoms with Crippen molar-refractivity contribution in [2.24, 2.45) is 0 Å². The smallest absolute Gasteiger partial charge is 0.160 e. The van der Waals surface area contributed by atoms with Gasteiger partial charge in [-0.15, -0.1) is 11.3 Å². The van der Waals surface area contributed by atoms with Gasteiger partial charge in [-0.2, -0.15) is 0 Å². The van der Waals surface area contributed by atoms with Crippen LogP contribution in [0.2, 0.25) is 0 Å². The van der Waals surface area contributed by atoms with Gasteiger partial charge in [0.15, 0.2) is 5.82 Å². The van der Waals surface area contributed by atoms with Gasteiger partial charge < -0.3 is 4.57 Å². The van der Waals surface area contributed by atoms with Crippen LogP contribution in [0, 0.1) is 0 Å². The summed E-state index contributed by atoms with van der Waals surface area (Å²) in [5.41, 5.74) is 12.0. The van der Waals surface area contributed by atoms with Crippen molar-refractivity contribution < 1.29 is 0 Å². The molecule has 0 unspecified atom stereocenters. The van der Waals surface area contributed by atoms with E-state index in [1.165, 1.54) is 63.9 Å². The third-order valence-corrected chi connectivity index (χ3v) is 12.7. The molecule has 270 valence electrons. The largest absolute Gasteiger partial charge is 0.309 e. The Bertz CT molecular complexity index is 3490. The standard InChI is InChI=1S/C54H33N3S/c1-3-15-34(16-4-1)37-31-38(35-17-5-2-6-18-35)33-39(32-37)51-43-21-9-12-24-46(43)55-54(56-51)36-27-29-40(30-28-36)57-47-25-13-10-22-44(47)50-52(57)42-20-8-7-19-41(42)49-45-23-11-14-26-48(45)58-53(49)50/h1-33H. The fraction of sp³-hybridized carbons (Fsp3) is 0. The fourth-order valence-electron chi connectivity index (χ4n) is 8.93. The summed E-state index contributed by atoms with van der Waals surface area (Å²) in [5, 5.41) is 8.80. The quantitative estimate of drug-likeness (QED) is 0.175. The van der Waals surface area contributed by atoms with E-state index in [0.717, 1.165) is 44.5 Å². The van der Waals surface area contributed by atoms with Crippen molar-refractivity contribution in [3.8, 4) is 50.6 Å². The van der Waals surface area contributed by atoms with E-state index >= 15 is 0 Å². The number of benzene rings is 9. The van der Waals surface area contributed by atoms with Crippen LogP contribution in [-0.2, 0) is 0 Å². The molecule has 0 N–H and O–H groups in total. The van der Waals surface area contributed by atoms with Gasteiger partial charge in [0, 0.05) is 58.5 Å². The maximum absolute atomic E-state index is 5.38. The molecule has 0 atom stereocenters. The van der Waals surface area contributed by atoms with Gasteiger partial charge in [-0.25, -0.2) is 9.97 Å². The first kappa shape index (κ1) is 32.8. The molecule has 0 aliphatic carbocycles. The van der Waals surface area contributed by atoms with E-state index in [9.17, 15) is 0 Å². The van der Waals surface area contributed by atoms with E-state index in [2.05, 4.69) is 205 Å². The summed E-state index contributed by atoms with van der Waals surface area (Å²) >= 11 is 1.90. The predicted molar refractivity (Wildman–Crippen MR) is 246 cm³/mol. The second-order valence-electron chi connectivity index (χ2n) is 14.9. The van der Waals surface area contributed by atoms with Crippen molar-refractivity contribution in [1.29, 1.82) is 0 Å². The number of thiophene rings is 1. The van der Waals surface area contributed by atoms with Crippen molar-refractivity contribution in [1.82, 2.24) is 14.5 Å². The number of fused-ring (bicyclic) bond motifs is 11. The Labute approximate surface area is 338 Å². The molecule has 3 aromatic heterocycles. The minimum absolute atomic E-state index is 0.700. The minimum Gasteiger partial charge on any atom is -0.309 e. The van der Waals surface area contributed by atoms with Gasteiger partial charge in [-0.3, -0.25) is 0 Å². The molecule has 0 radical (unpaired) electrons. The zero-order valence-corrected chi connectivity index (χ0v) is 32.1. The first-order chi connectivity index (χ1) is 28.8. The Hall–Kier alpha value is -7.40. The highest BCUT2D eigenvalue weighted by Crippen LogP contribution is 2.48. The van der Waals surface area contributed by atoms with E-state index in [1.54, 1.807) is 0 Å². The summed E-state index contributed by atoms with van der Waals surface area (Å²) in [5.74, 6) is 0.700. The Kier molecular flexibility index (Phi) is 7.40. The molecule has 3 nitrogen and oxygen atoms in total. The van der Waals surface area contributed by atoms with Crippen LogP contribution in [0.25, 0.3) is 114 Å². The summed E-state index contributed by atoms with van der Waals surface area (Å²) in [6.07, 6.45) is 0. The van der Waals surface area contributed by atoms with E-state index in [0.29, 0.717) is 5.82 Å². The Morgan fingerprint density at radius 2 is 0.948 bits per heavy atom. The van der Waals surface area contributed by atoms with Gasteiger partial charge in [0.25, 0.3) is 0 Å². The molecular formula is C54H33N3S. The lowest BCUT2D eigenvalue weighted by Gasteiger charge is -2.14. The second-order valence-corrected chi connectivity index (χ2v) is 16.0. The number of hydrogen-bond acceptors (Lipinski definition) is 3. The maximum Gasteiger partial charge on any atom is 0.160 e. The van der Waals surface area contributed by atoms with E-state index in [1.807, 2.05) is 11.3 Å². The van der Waals surface area contributed by atoms with E-state index < -0.39 is 0 Å². The predicted octanol–water partition coefficient (Wildman–Crippen LogP) is 14.9. The van der Waals surface area contributed by atoms with Crippen molar-refractivity contribution in [3.63, 3.8) is 0 Å². The van der Waals surface area contributed by atoms with Gasteiger partial charge in [-0.1, -0.05) is 140 Å². The minimum atomic E-state index is 0.700.